The van der Waals surface area contributed by atoms with E-state index in [2.05, 4.69) is 22.3 Å². The van der Waals surface area contributed by atoms with Crippen molar-refractivity contribution in [2.45, 2.75) is 38.2 Å². The summed E-state index contributed by atoms with van der Waals surface area (Å²) in [7, 11) is 0. The lowest BCUT2D eigenvalue weighted by molar-refractivity contribution is 0.0169. The number of ether oxygens (including phenoxy) is 1. The van der Waals surface area contributed by atoms with Crippen molar-refractivity contribution < 1.29 is 9.53 Å². The highest BCUT2D eigenvalue weighted by molar-refractivity contribution is 5.94. The van der Waals surface area contributed by atoms with Gasteiger partial charge in [0, 0.05) is 37.5 Å². The molecule has 2 fully saturated rings. The van der Waals surface area contributed by atoms with Crippen LogP contribution in [0.4, 0.5) is 5.69 Å². The van der Waals surface area contributed by atoms with E-state index in [0.717, 1.165) is 38.1 Å². The molecule has 1 aromatic carbocycles. The summed E-state index contributed by atoms with van der Waals surface area (Å²) < 4.78 is 5.63. The Labute approximate surface area is 126 Å². The number of nitrogens with zero attached hydrogens (tertiary/aromatic N) is 1. The SMILES string of the molecule is O=C(NC[C@@H]1CCCCO1)c1ccc(N2CCCC2)cc1. The molecule has 2 aliphatic rings. The lowest BCUT2D eigenvalue weighted by Gasteiger charge is -2.22. The lowest BCUT2D eigenvalue weighted by Crippen LogP contribution is -2.35. The van der Waals surface area contributed by atoms with Crippen LogP contribution in [-0.2, 0) is 4.74 Å². The number of benzene rings is 1. The van der Waals surface area contributed by atoms with Crippen LogP contribution in [-0.4, -0.2) is 38.3 Å². The van der Waals surface area contributed by atoms with Crippen LogP contribution < -0.4 is 10.2 Å². The summed E-state index contributed by atoms with van der Waals surface area (Å²) in [6, 6.07) is 7.95. The van der Waals surface area contributed by atoms with E-state index in [1.54, 1.807) is 0 Å². The Bertz CT molecular complexity index is 460. The number of anilines is 1. The van der Waals surface area contributed by atoms with Gasteiger partial charge in [0.15, 0.2) is 0 Å². The fraction of sp³-hybridized carbons (Fsp3) is 0.588. The molecule has 0 aliphatic carbocycles. The minimum atomic E-state index is -0.00264. The van der Waals surface area contributed by atoms with Crippen molar-refractivity contribution in [3.05, 3.63) is 29.8 Å². The maximum atomic E-state index is 12.1. The minimum absolute atomic E-state index is 0.00264. The molecule has 0 radical (unpaired) electrons. The molecule has 3 rings (SSSR count). The van der Waals surface area contributed by atoms with Gasteiger partial charge in [-0.1, -0.05) is 0 Å². The number of amides is 1. The Kier molecular flexibility index (Phi) is 4.76. The van der Waals surface area contributed by atoms with Gasteiger partial charge in [-0.05, 0) is 56.4 Å². The first kappa shape index (κ1) is 14.4. The summed E-state index contributed by atoms with van der Waals surface area (Å²) in [6.07, 6.45) is 6.11. The highest BCUT2D eigenvalue weighted by Crippen LogP contribution is 2.20. The van der Waals surface area contributed by atoms with Crippen LogP contribution in [0.15, 0.2) is 24.3 Å². The lowest BCUT2D eigenvalue weighted by atomic mass is 10.1. The van der Waals surface area contributed by atoms with Crippen molar-refractivity contribution in [1.29, 1.82) is 0 Å². The van der Waals surface area contributed by atoms with E-state index in [4.69, 9.17) is 4.74 Å². The van der Waals surface area contributed by atoms with Crippen LogP contribution in [0.2, 0.25) is 0 Å². The monoisotopic (exact) mass is 288 g/mol. The standard InChI is InChI=1S/C17H24N2O2/c20-17(18-13-16-5-1-4-12-21-16)14-6-8-15(9-7-14)19-10-2-3-11-19/h6-9,16H,1-5,10-13H2,(H,18,20)/t16-/m0/s1. The molecule has 0 spiro atoms. The van der Waals surface area contributed by atoms with Crippen molar-refractivity contribution in [3.8, 4) is 0 Å². The molecule has 1 atom stereocenters. The number of carbonyl (C=O) groups excluding carboxylic acids is 1. The van der Waals surface area contributed by atoms with Gasteiger partial charge in [0.1, 0.15) is 0 Å². The predicted molar refractivity (Wildman–Crippen MR) is 83.8 cm³/mol. The zero-order chi connectivity index (χ0) is 14.5. The first-order valence-electron chi connectivity index (χ1n) is 8.08. The van der Waals surface area contributed by atoms with Crippen LogP contribution in [0.25, 0.3) is 0 Å². The zero-order valence-corrected chi connectivity index (χ0v) is 12.5. The van der Waals surface area contributed by atoms with Crippen molar-refractivity contribution in [2.24, 2.45) is 0 Å². The maximum Gasteiger partial charge on any atom is 0.251 e. The topological polar surface area (TPSA) is 41.6 Å². The minimum Gasteiger partial charge on any atom is -0.376 e. The molecule has 4 heteroatoms. The third-order valence-electron chi connectivity index (χ3n) is 4.36. The van der Waals surface area contributed by atoms with Crippen molar-refractivity contribution in [1.82, 2.24) is 5.32 Å². The van der Waals surface area contributed by atoms with Gasteiger partial charge in [0.2, 0.25) is 0 Å². The molecule has 2 saturated heterocycles. The average Bonchev–Trinajstić information content (AvgIpc) is 3.08. The molecular weight excluding hydrogens is 264 g/mol. The molecular formula is C17H24N2O2. The Balaban J connectivity index is 1.52. The summed E-state index contributed by atoms with van der Waals surface area (Å²) in [6.45, 7) is 3.70. The van der Waals surface area contributed by atoms with Crippen LogP contribution in [0.3, 0.4) is 0 Å². The quantitative estimate of drug-likeness (QED) is 0.926. The number of hydrogen-bond donors (Lipinski definition) is 1. The van der Waals surface area contributed by atoms with E-state index in [-0.39, 0.29) is 12.0 Å². The summed E-state index contributed by atoms with van der Waals surface area (Å²) >= 11 is 0. The Hall–Kier alpha value is -1.55. The van der Waals surface area contributed by atoms with E-state index in [9.17, 15) is 4.79 Å². The van der Waals surface area contributed by atoms with Gasteiger partial charge in [-0.15, -0.1) is 0 Å². The van der Waals surface area contributed by atoms with Crippen molar-refractivity contribution in [2.75, 3.05) is 31.1 Å². The number of nitrogens with one attached hydrogen (secondary N) is 1. The fourth-order valence-corrected chi connectivity index (χ4v) is 3.08. The second-order valence-electron chi connectivity index (χ2n) is 5.94. The number of rotatable bonds is 4. The van der Waals surface area contributed by atoms with Gasteiger partial charge < -0.3 is 15.0 Å². The molecule has 2 aliphatic heterocycles. The third kappa shape index (κ3) is 3.76. The van der Waals surface area contributed by atoms with E-state index in [1.165, 1.54) is 24.9 Å². The Morgan fingerprint density at radius 3 is 2.57 bits per heavy atom. The predicted octanol–water partition coefficient (Wildman–Crippen LogP) is 2.59. The summed E-state index contributed by atoms with van der Waals surface area (Å²) in [5, 5.41) is 2.98. The van der Waals surface area contributed by atoms with E-state index in [1.807, 2.05) is 12.1 Å². The molecule has 114 valence electrons. The fourth-order valence-electron chi connectivity index (χ4n) is 3.08. The Morgan fingerprint density at radius 1 is 1.14 bits per heavy atom. The molecule has 21 heavy (non-hydrogen) atoms. The normalized spacial score (nSPS) is 22.3. The first-order chi connectivity index (χ1) is 10.3. The molecule has 1 aromatic rings. The van der Waals surface area contributed by atoms with Gasteiger partial charge in [-0.3, -0.25) is 4.79 Å². The van der Waals surface area contributed by atoms with Crippen LogP contribution in [0.5, 0.6) is 0 Å². The third-order valence-corrected chi connectivity index (χ3v) is 4.36. The number of carbonyl (C=O) groups is 1. The highest BCUT2D eigenvalue weighted by atomic mass is 16.5. The van der Waals surface area contributed by atoms with Crippen LogP contribution >= 0.6 is 0 Å². The van der Waals surface area contributed by atoms with E-state index in [0.29, 0.717) is 6.54 Å². The van der Waals surface area contributed by atoms with E-state index < -0.39 is 0 Å². The maximum absolute atomic E-state index is 12.1. The number of hydrogen-bond acceptors (Lipinski definition) is 3. The van der Waals surface area contributed by atoms with E-state index >= 15 is 0 Å². The van der Waals surface area contributed by atoms with Crippen molar-refractivity contribution in [3.63, 3.8) is 0 Å². The second-order valence-corrected chi connectivity index (χ2v) is 5.94. The van der Waals surface area contributed by atoms with Gasteiger partial charge >= 0.3 is 0 Å². The summed E-state index contributed by atoms with van der Waals surface area (Å²) in [4.78, 5) is 14.5. The van der Waals surface area contributed by atoms with Gasteiger partial charge in [-0.25, -0.2) is 0 Å². The molecule has 1 N–H and O–H groups in total. The Morgan fingerprint density at radius 2 is 1.90 bits per heavy atom. The molecule has 1 amide bonds. The van der Waals surface area contributed by atoms with Gasteiger partial charge in [0.25, 0.3) is 5.91 Å². The molecule has 0 aromatic heterocycles. The smallest absolute Gasteiger partial charge is 0.251 e. The zero-order valence-electron chi connectivity index (χ0n) is 12.5. The molecule has 4 nitrogen and oxygen atoms in total. The largest absolute Gasteiger partial charge is 0.376 e. The van der Waals surface area contributed by atoms with Gasteiger partial charge in [-0.2, -0.15) is 0 Å². The van der Waals surface area contributed by atoms with Gasteiger partial charge in [0.05, 0.1) is 6.10 Å². The van der Waals surface area contributed by atoms with Crippen LogP contribution in [0.1, 0.15) is 42.5 Å². The summed E-state index contributed by atoms with van der Waals surface area (Å²) in [5.41, 5.74) is 1.95. The highest BCUT2D eigenvalue weighted by Gasteiger charge is 2.16. The summed E-state index contributed by atoms with van der Waals surface area (Å²) in [5.74, 6) is -0.00264. The average molecular weight is 288 g/mol. The first-order valence-corrected chi connectivity index (χ1v) is 8.08. The molecule has 0 unspecified atom stereocenters. The molecule has 0 bridgehead atoms. The molecule has 0 saturated carbocycles. The molecule has 2 heterocycles. The van der Waals surface area contributed by atoms with Crippen molar-refractivity contribution >= 4 is 11.6 Å². The van der Waals surface area contributed by atoms with Crippen LogP contribution in [0, 0.1) is 0 Å². The second kappa shape index (κ2) is 6.94.